The first-order valence-electron chi connectivity index (χ1n) is 6.27. The van der Waals surface area contributed by atoms with Gasteiger partial charge in [-0.1, -0.05) is 41.7 Å². The van der Waals surface area contributed by atoms with E-state index in [-0.39, 0.29) is 6.04 Å². The summed E-state index contributed by atoms with van der Waals surface area (Å²) in [6.45, 7) is 0.387. The summed E-state index contributed by atoms with van der Waals surface area (Å²) in [5.41, 5.74) is 7.43. The van der Waals surface area contributed by atoms with Gasteiger partial charge in [-0.15, -0.1) is 10.2 Å². The highest BCUT2D eigenvalue weighted by atomic mass is 32.1. The van der Waals surface area contributed by atoms with Crippen LogP contribution in [0.15, 0.2) is 30.3 Å². The van der Waals surface area contributed by atoms with Crippen LogP contribution in [-0.2, 0) is 17.8 Å². The number of ether oxygens (including phenoxy) is 1. The maximum absolute atomic E-state index is 6.23. The fourth-order valence-corrected chi connectivity index (χ4v) is 2.86. The lowest BCUT2D eigenvalue weighted by atomic mass is 10.1. The van der Waals surface area contributed by atoms with Crippen molar-refractivity contribution in [1.29, 1.82) is 0 Å². The van der Waals surface area contributed by atoms with E-state index in [0.29, 0.717) is 12.4 Å². The monoisotopic (exact) mass is 289 g/mol. The Bertz CT molecular complexity index is 693. The Balaban J connectivity index is 1.83. The topological polar surface area (TPSA) is 78.3 Å². The molecule has 0 spiro atoms. The van der Waals surface area contributed by atoms with Crippen molar-refractivity contribution in [3.05, 3.63) is 46.7 Å². The highest BCUT2D eigenvalue weighted by Crippen LogP contribution is 2.22. The first kappa shape index (κ1) is 13.2. The summed E-state index contributed by atoms with van der Waals surface area (Å²) in [7, 11) is 1.62. The minimum atomic E-state index is -0.139. The molecule has 0 amide bonds. The molecule has 3 aromatic rings. The van der Waals surface area contributed by atoms with E-state index in [4.69, 9.17) is 10.5 Å². The first-order chi connectivity index (χ1) is 9.78. The largest absolute Gasteiger partial charge is 0.377 e. The summed E-state index contributed by atoms with van der Waals surface area (Å²) in [5, 5.41) is 13.5. The van der Waals surface area contributed by atoms with Crippen molar-refractivity contribution in [3.63, 3.8) is 0 Å². The normalized spacial score (nSPS) is 12.9. The fraction of sp³-hybridized carbons (Fsp3) is 0.308. The quantitative estimate of drug-likeness (QED) is 0.771. The fourth-order valence-electron chi connectivity index (χ4n) is 2.00. The lowest BCUT2D eigenvalue weighted by Gasteiger charge is -2.07. The van der Waals surface area contributed by atoms with Crippen LogP contribution in [0.2, 0.25) is 0 Å². The third-order valence-corrected chi connectivity index (χ3v) is 3.99. The van der Waals surface area contributed by atoms with E-state index in [0.717, 1.165) is 16.4 Å². The van der Waals surface area contributed by atoms with Crippen molar-refractivity contribution in [3.8, 4) is 0 Å². The first-order valence-corrected chi connectivity index (χ1v) is 7.09. The predicted molar refractivity (Wildman–Crippen MR) is 76.4 cm³/mol. The summed E-state index contributed by atoms with van der Waals surface area (Å²) < 4.78 is 6.77. The van der Waals surface area contributed by atoms with Crippen LogP contribution in [0.1, 0.15) is 22.4 Å². The molecule has 0 saturated carbocycles. The van der Waals surface area contributed by atoms with Crippen molar-refractivity contribution in [1.82, 2.24) is 19.8 Å². The van der Waals surface area contributed by atoms with Crippen LogP contribution >= 0.6 is 11.3 Å². The molecule has 2 heterocycles. The molecule has 1 unspecified atom stereocenters. The van der Waals surface area contributed by atoms with Crippen LogP contribution in [0, 0.1) is 0 Å². The van der Waals surface area contributed by atoms with Crippen molar-refractivity contribution in [2.45, 2.75) is 19.1 Å². The highest BCUT2D eigenvalue weighted by Gasteiger charge is 2.16. The van der Waals surface area contributed by atoms with E-state index in [2.05, 4.69) is 27.4 Å². The molecule has 2 N–H and O–H groups in total. The Kier molecular flexibility index (Phi) is 3.72. The lowest BCUT2D eigenvalue weighted by Crippen LogP contribution is -2.13. The van der Waals surface area contributed by atoms with E-state index < -0.39 is 0 Å². The summed E-state index contributed by atoms with van der Waals surface area (Å²) in [4.78, 5) is 0.746. The molecule has 0 saturated heterocycles. The van der Waals surface area contributed by atoms with Gasteiger partial charge < -0.3 is 10.5 Å². The number of methoxy groups -OCH3 is 1. The Morgan fingerprint density at radius 3 is 2.85 bits per heavy atom. The van der Waals surface area contributed by atoms with E-state index >= 15 is 0 Å². The summed E-state index contributed by atoms with van der Waals surface area (Å²) in [5.74, 6) is 0.692. The molecular formula is C13H15N5OS. The molecule has 0 aliphatic heterocycles. The van der Waals surface area contributed by atoms with Gasteiger partial charge in [0.25, 0.3) is 0 Å². The van der Waals surface area contributed by atoms with Gasteiger partial charge in [-0.2, -0.15) is 9.61 Å². The maximum Gasteiger partial charge on any atom is 0.234 e. The van der Waals surface area contributed by atoms with E-state index in [9.17, 15) is 0 Å². The van der Waals surface area contributed by atoms with Gasteiger partial charge in [-0.3, -0.25) is 0 Å². The van der Waals surface area contributed by atoms with Gasteiger partial charge in [0.05, 0.1) is 6.04 Å². The van der Waals surface area contributed by atoms with Gasteiger partial charge in [0.2, 0.25) is 4.96 Å². The van der Waals surface area contributed by atoms with E-state index in [1.54, 1.807) is 11.6 Å². The predicted octanol–water partition coefficient (Wildman–Crippen LogP) is 1.57. The standard InChI is InChI=1S/C13H15N5OS/c1-19-8-11-15-16-13-18(11)17-12(20-13)10(14)7-9-5-3-2-4-6-9/h2-6,10H,7-8,14H2,1H3. The summed E-state index contributed by atoms with van der Waals surface area (Å²) in [6.07, 6.45) is 0.755. The zero-order chi connectivity index (χ0) is 13.9. The average molecular weight is 289 g/mol. The molecular weight excluding hydrogens is 274 g/mol. The Morgan fingerprint density at radius 1 is 1.30 bits per heavy atom. The van der Waals surface area contributed by atoms with Crippen molar-refractivity contribution in [2.24, 2.45) is 5.73 Å². The zero-order valence-corrected chi connectivity index (χ0v) is 11.9. The van der Waals surface area contributed by atoms with Gasteiger partial charge in [-0.05, 0) is 12.0 Å². The Labute approximate surface area is 120 Å². The number of fused-ring (bicyclic) bond motifs is 1. The molecule has 1 aromatic carbocycles. The van der Waals surface area contributed by atoms with Gasteiger partial charge in [0, 0.05) is 7.11 Å². The maximum atomic E-state index is 6.23. The van der Waals surface area contributed by atoms with Crippen molar-refractivity contribution < 1.29 is 4.74 Å². The summed E-state index contributed by atoms with van der Waals surface area (Å²) >= 11 is 1.47. The van der Waals surface area contributed by atoms with Gasteiger partial charge in [0.1, 0.15) is 11.6 Å². The van der Waals surface area contributed by atoms with Crippen LogP contribution < -0.4 is 5.73 Å². The third-order valence-electron chi connectivity index (χ3n) is 2.96. The molecule has 2 aromatic heterocycles. The van der Waals surface area contributed by atoms with Crippen molar-refractivity contribution in [2.75, 3.05) is 7.11 Å². The minimum absolute atomic E-state index is 0.139. The van der Waals surface area contributed by atoms with Crippen molar-refractivity contribution >= 4 is 16.3 Å². The third kappa shape index (κ3) is 2.55. The molecule has 0 aliphatic rings. The molecule has 0 radical (unpaired) electrons. The smallest absolute Gasteiger partial charge is 0.234 e. The molecule has 20 heavy (non-hydrogen) atoms. The van der Waals surface area contributed by atoms with Crippen LogP contribution in [-0.4, -0.2) is 26.9 Å². The van der Waals surface area contributed by atoms with Crippen LogP contribution in [0.25, 0.3) is 4.96 Å². The zero-order valence-electron chi connectivity index (χ0n) is 11.1. The van der Waals surface area contributed by atoms with Gasteiger partial charge in [0.15, 0.2) is 5.82 Å². The molecule has 6 nitrogen and oxygen atoms in total. The number of aromatic nitrogens is 4. The molecule has 104 valence electrons. The Morgan fingerprint density at radius 2 is 2.10 bits per heavy atom. The minimum Gasteiger partial charge on any atom is -0.377 e. The average Bonchev–Trinajstić information content (AvgIpc) is 3.02. The van der Waals surface area contributed by atoms with Crippen LogP contribution in [0.4, 0.5) is 0 Å². The number of hydrogen-bond donors (Lipinski definition) is 1. The number of hydrogen-bond acceptors (Lipinski definition) is 6. The molecule has 0 bridgehead atoms. The number of nitrogens with zero attached hydrogens (tertiary/aromatic N) is 4. The van der Waals surface area contributed by atoms with E-state index in [1.165, 1.54) is 16.9 Å². The van der Waals surface area contributed by atoms with Crippen LogP contribution in [0.3, 0.4) is 0 Å². The number of nitrogens with two attached hydrogens (primary N) is 1. The molecule has 3 rings (SSSR count). The number of rotatable bonds is 5. The molecule has 0 fully saturated rings. The second kappa shape index (κ2) is 5.66. The highest BCUT2D eigenvalue weighted by molar-refractivity contribution is 7.16. The SMILES string of the molecule is COCc1nnc2sc(C(N)Cc3ccccc3)nn12. The second-order valence-electron chi connectivity index (χ2n) is 4.48. The molecule has 0 aliphatic carbocycles. The second-order valence-corrected chi connectivity index (χ2v) is 5.47. The summed E-state index contributed by atoms with van der Waals surface area (Å²) in [6, 6.07) is 10.0. The van der Waals surface area contributed by atoms with Crippen LogP contribution in [0.5, 0.6) is 0 Å². The molecule has 7 heteroatoms. The number of benzene rings is 1. The van der Waals surface area contributed by atoms with Gasteiger partial charge >= 0.3 is 0 Å². The Hall–Kier alpha value is -1.83. The lowest BCUT2D eigenvalue weighted by molar-refractivity contribution is 0.176. The molecule has 1 atom stereocenters. The van der Waals surface area contributed by atoms with E-state index in [1.807, 2.05) is 18.2 Å². The van der Waals surface area contributed by atoms with Gasteiger partial charge in [-0.25, -0.2) is 0 Å².